The molecule has 0 bridgehead atoms. The Hall–Kier alpha value is 0.400. The maximum absolute atomic E-state index is 6.20. The van der Waals surface area contributed by atoms with Crippen LogP contribution < -0.4 is 0 Å². The molecule has 2 rings (SSSR count). The maximum Gasteiger partial charge on any atom is 0.0759 e. The van der Waals surface area contributed by atoms with E-state index in [9.17, 15) is 0 Å². The average Bonchev–Trinajstić information content (AvgIpc) is 2.47. The van der Waals surface area contributed by atoms with Crippen LogP contribution in [0.15, 0.2) is 0 Å². The van der Waals surface area contributed by atoms with Gasteiger partial charge in [0.05, 0.1) is 11.2 Å². The molecular formula is C10H17BrO2. The maximum atomic E-state index is 6.20. The number of hydrogen-bond acceptors (Lipinski definition) is 2. The SMILES string of the molecule is CC1(CBr)CCC2(CCOCC2)O1. The monoisotopic (exact) mass is 248 g/mol. The minimum Gasteiger partial charge on any atom is -0.381 e. The van der Waals surface area contributed by atoms with Crippen LogP contribution in [-0.2, 0) is 9.47 Å². The van der Waals surface area contributed by atoms with Crippen molar-refractivity contribution in [2.45, 2.75) is 43.8 Å². The molecule has 2 saturated heterocycles. The summed E-state index contributed by atoms with van der Waals surface area (Å²) in [4.78, 5) is 0. The number of ether oxygens (including phenoxy) is 2. The predicted octanol–water partition coefficient (Wildman–Crippen LogP) is 2.50. The third-order valence-corrected chi connectivity index (χ3v) is 4.45. The van der Waals surface area contributed by atoms with E-state index >= 15 is 0 Å². The number of rotatable bonds is 1. The summed E-state index contributed by atoms with van der Waals surface area (Å²) in [5.41, 5.74) is 0.220. The van der Waals surface area contributed by atoms with Crippen molar-refractivity contribution in [2.75, 3.05) is 18.5 Å². The highest BCUT2D eigenvalue weighted by Crippen LogP contribution is 2.44. The van der Waals surface area contributed by atoms with Crippen LogP contribution in [0.25, 0.3) is 0 Å². The van der Waals surface area contributed by atoms with E-state index in [1.54, 1.807) is 0 Å². The van der Waals surface area contributed by atoms with Crippen LogP contribution in [0.5, 0.6) is 0 Å². The van der Waals surface area contributed by atoms with Gasteiger partial charge in [0.25, 0.3) is 0 Å². The highest BCUT2D eigenvalue weighted by Gasteiger charge is 2.46. The Morgan fingerprint density at radius 3 is 2.38 bits per heavy atom. The molecule has 0 aromatic heterocycles. The zero-order chi connectivity index (χ0) is 9.36. The van der Waals surface area contributed by atoms with Gasteiger partial charge in [0.2, 0.25) is 0 Å². The van der Waals surface area contributed by atoms with Crippen molar-refractivity contribution >= 4 is 15.9 Å². The summed E-state index contributed by atoms with van der Waals surface area (Å²) in [6, 6.07) is 0. The zero-order valence-corrected chi connectivity index (χ0v) is 9.73. The van der Waals surface area contributed by atoms with Crippen LogP contribution in [0.2, 0.25) is 0 Å². The van der Waals surface area contributed by atoms with Gasteiger partial charge in [-0.3, -0.25) is 0 Å². The molecule has 0 aromatic carbocycles. The van der Waals surface area contributed by atoms with Gasteiger partial charge in [-0.2, -0.15) is 0 Å². The summed E-state index contributed by atoms with van der Waals surface area (Å²) in [5, 5.41) is 0.947. The molecule has 2 aliphatic rings. The van der Waals surface area contributed by atoms with Crippen LogP contribution in [0.1, 0.15) is 32.6 Å². The highest BCUT2D eigenvalue weighted by atomic mass is 79.9. The summed E-state index contributed by atoms with van der Waals surface area (Å²) in [5.74, 6) is 0. The summed E-state index contributed by atoms with van der Waals surface area (Å²) >= 11 is 3.53. The second-order valence-electron chi connectivity index (χ2n) is 4.48. The molecule has 0 saturated carbocycles. The minimum absolute atomic E-state index is 0.0668. The Kier molecular flexibility index (Phi) is 2.69. The Morgan fingerprint density at radius 2 is 1.85 bits per heavy atom. The largest absolute Gasteiger partial charge is 0.381 e. The van der Waals surface area contributed by atoms with Crippen LogP contribution in [-0.4, -0.2) is 29.7 Å². The molecule has 2 heterocycles. The topological polar surface area (TPSA) is 18.5 Å². The highest BCUT2D eigenvalue weighted by molar-refractivity contribution is 9.09. The van der Waals surface area contributed by atoms with Crippen molar-refractivity contribution < 1.29 is 9.47 Å². The molecule has 0 aromatic rings. The van der Waals surface area contributed by atoms with E-state index in [-0.39, 0.29) is 11.2 Å². The molecule has 1 atom stereocenters. The lowest BCUT2D eigenvalue weighted by molar-refractivity contribution is -0.129. The molecular weight excluding hydrogens is 232 g/mol. The van der Waals surface area contributed by atoms with E-state index in [0.29, 0.717) is 0 Å². The predicted molar refractivity (Wildman–Crippen MR) is 55.3 cm³/mol. The molecule has 0 amide bonds. The molecule has 2 nitrogen and oxygen atoms in total. The number of alkyl halides is 1. The van der Waals surface area contributed by atoms with Crippen LogP contribution in [0.3, 0.4) is 0 Å². The van der Waals surface area contributed by atoms with Gasteiger partial charge in [0, 0.05) is 18.5 Å². The summed E-state index contributed by atoms with van der Waals surface area (Å²) in [7, 11) is 0. The Balaban J connectivity index is 2.02. The summed E-state index contributed by atoms with van der Waals surface area (Å²) < 4.78 is 11.6. The van der Waals surface area contributed by atoms with E-state index in [1.165, 1.54) is 12.8 Å². The molecule has 76 valence electrons. The van der Waals surface area contributed by atoms with Crippen molar-refractivity contribution in [3.05, 3.63) is 0 Å². The first-order valence-corrected chi connectivity index (χ1v) is 6.14. The van der Waals surface area contributed by atoms with Crippen LogP contribution >= 0.6 is 15.9 Å². The third kappa shape index (κ3) is 1.92. The first kappa shape index (κ1) is 9.94. The van der Waals surface area contributed by atoms with Crippen molar-refractivity contribution in [3.63, 3.8) is 0 Å². The first-order valence-electron chi connectivity index (χ1n) is 5.02. The van der Waals surface area contributed by atoms with Crippen molar-refractivity contribution in [3.8, 4) is 0 Å². The molecule has 0 radical (unpaired) electrons. The van der Waals surface area contributed by atoms with Gasteiger partial charge in [0.1, 0.15) is 0 Å². The van der Waals surface area contributed by atoms with Gasteiger partial charge >= 0.3 is 0 Å². The molecule has 1 spiro atoms. The number of hydrogen-bond donors (Lipinski definition) is 0. The van der Waals surface area contributed by atoms with E-state index in [0.717, 1.165) is 31.4 Å². The quantitative estimate of drug-likeness (QED) is 0.665. The van der Waals surface area contributed by atoms with Gasteiger partial charge in [-0.15, -0.1) is 0 Å². The second kappa shape index (κ2) is 3.52. The summed E-state index contributed by atoms with van der Waals surface area (Å²) in [6.45, 7) is 3.95. The van der Waals surface area contributed by atoms with Crippen molar-refractivity contribution in [1.82, 2.24) is 0 Å². The fourth-order valence-electron chi connectivity index (χ4n) is 2.31. The van der Waals surface area contributed by atoms with Gasteiger partial charge in [0.15, 0.2) is 0 Å². The first-order chi connectivity index (χ1) is 6.18. The van der Waals surface area contributed by atoms with Crippen molar-refractivity contribution in [1.29, 1.82) is 0 Å². The second-order valence-corrected chi connectivity index (χ2v) is 5.04. The van der Waals surface area contributed by atoms with Gasteiger partial charge in [-0.1, -0.05) is 15.9 Å². The molecule has 13 heavy (non-hydrogen) atoms. The van der Waals surface area contributed by atoms with Crippen molar-refractivity contribution in [2.24, 2.45) is 0 Å². The minimum atomic E-state index is 0.0668. The van der Waals surface area contributed by atoms with Crippen LogP contribution in [0.4, 0.5) is 0 Å². The van der Waals surface area contributed by atoms with E-state index in [4.69, 9.17) is 9.47 Å². The molecule has 2 aliphatic heterocycles. The molecule has 3 heteroatoms. The van der Waals surface area contributed by atoms with Gasteiger partial charge < -0.3 is 9.47 Å². The number of halogens is 1. The standard InChI is InChI=1S/C10H17BrO2/c1-9(8-11)2-3-10(13-9)4-6-12-7-5-10/h2-8H2,1H3. The van der Waals surface area contributed by atoms with E-state index in [2.05, 4.69) is 22.9 Å². The lowest BCUT2D eigenvalue weighted by Gasteiger charge is -2.35. The average molecular weight is 249 g/mol. The molecule has 1 unspecified atom stereocenters. The summed E-state index contributed by atoms with van der Waals surface area (Å²) in [6.07, 6.45) is 4.54. The fraction of sp³-hybridized carbons (Fsp3) is 1.00. The molecule has 2 fully saturated rings. The fourth-order valence-corrected chi connectivity index (χ4v) is 2.70. The lowest BCUT2D eigenvalue weighted by atomic mass is 9.90. The van der Waals surface area contributed by atoms with E-state index in [1.807, 2.05) is 0 Å². The Morgan fingerprint density at radius 1 is 1.15 bits per heavy atom. The molecule has 0 N–H and O–H groups in total. The molecule has 0 aliphatic carbocycles. The van der Waals surface area contributed by atoms with E-state index < -0.39 is 0 Å². The van der Waals surface area contributed by atoms with Crippen LogP contribution in [0, 0.1) is 0 Å². The Bertz CT molecular complexity index is 189. The normalized spacial score (nSPS) is 38.3. The van der Waals surface area contributed by atoms with Gasteiger partial charge in [-0.25, -0.2) is 0 Å². The lowest BCUT2D eigenvalue weighted by Crippen LogP contribution is -2.39. The third-order valence-electron chi connectivity index (χ3n) is 3.26. The Labute approximate surface area is 88.1 Å². The van der Waals surface area contributed by atoms with Gasteiger partial charge in [-0.05, 0) is 32.6 Å². The smallest absolute Gasteiger partial charge is 0.0759 e. The zero-order valence-electron chi connectivity index (χ0n) is 8.14.